The number of nitrogens with one attached hydrogen (secondary N) is 6. The Morgan fingerprint density at radius 1 is 0.592 bits per heavy atom. The lowest BCUT2D eigenvalue weighted by molar-refractivity contribution is -0.142. The molecule has 19 N–H and O–H groups in total. The van der Waals surface area contributed by atoms with Gasteiger partial charge in [-0.05, 0) is 86.1 Å². The van der Waals surface area contributed by atoms with Gasteiger partial charge in [0.15, 0.2) is 11.9 Å². The number of phenols is 1. The molecule has 0 bridgehead atoms. The minimum Gasteiger partial charge on any atom is -0.508 e. The molecule has 24 nitrogen and oxygen atoms in total. The molecule has 1 aliphatic heterocycles. The smallest absolute Gasteiger partial charge is 0.245 e. The van der Waals surface area contributed by atoms with Gasteiger partial charge in [-0.3, -0.25) is 48.3 Å². The number of amides is 8. The van der Waals surface area contributed by atoms with Crippen LogP contribution in [0.25, 0.3) is 0 Å². The molecule has 1 fully saturated rings. The zero-order chi connectivity index (χ0) is 55.7. The summed E-state index contributed by atoms with van der Waals surface area (Å²) in [6, 6.07) is 15.7. The van der Waals surface area contributed by atoms with Crippen molar-refractivity contribution in [1.29, 1.82) is 0 Å². The quantitative estimate of drug-likeness (QED) is 0.0194. The molecule has 76 heavy (non-hydrogen) atoms. The zero-order valence-corrected chi connectivity index (χ0v) is 43.1. The van der Waals surface area contributed by atoms with Gasteiger partial charge in [-0.2, -0.15) is 0 Å². The summed E-state index contributed by atoms with van der Waals surface area (Å²) in [4.78, 5) is 120. The molecule has 4 rings (SSSR count). The molecule has 3 aromatic carbocycles. The highest BCUT2D eigenvalue weighted by Crippen LogP contribution is 2.21. The molecule has 0 aliphatic carbocycles. The molecule has 0 spiro atoms. The van der Waals surface area contributed by atoms with Crippen LogP contribution in [0.2, 0.25) is 0 Å². The Kier molecular flexibility index (Phi) is 24.4. The largest absolute Gasteiger partial charge is 0.508 e. The van der Waals surface area contributed by atoms with Crippen LogP contribution in [0.5, 0.6) is 5.75 Å². The number of carbonyl (C=O) groups excluding carboxylic acids is 8. The van der Waals surface area contributed by atoms with Crippen LogP contribution in [0.3, 0.4) is 0 Å². The number of nitrogens with zero attached hydrogens (tertiary/aromatic N) is 3. The Morgan fingerprint density at radius 3 is 1.58 bits per heavy atom. The van der Waals surface area contributed by atoms with E-state index in [2.05, 4.69) is 41.9 Å². The highest BCUT2D eigenvalue weighted by Gasteiger charge is 2.40. The van der Waals surface area contributed by atoms with Crippen LogP contribution in [0, 0.1) is 5.92 Å². The van der Waals surface area contributed by atoms with Gasteiger partial charge in [-0.25, -0.2) is 0 Å². The zero-order valence-electron chi connectivity index (χ0n) is 43.1. The molecule has 1 heterocycles. The fraction of sp³-hybridized carbons (Fsp3) is 0.462. The molecule has 0 aromatic heterocycles. The van der Waals surface area contributed by atoms with E-state index in [9.17, 15) is 43.5 Å². The van der Waals surface area contributed by atoms with Crippen molar-refractivity contribution in [2.45, 2.75) is 120 Å². The van der Waals surface area contributed by atoms with E-state index in [0.29, 0.717) is 23.1 Å². The van der Waals surface area contributed by atoms with Crippen molar-refractivity contribution >= 4 is 59.2 Å². The third kappa shape index (κ3) is 20.9. The first-order valence-corrected chi connectivity index (χ1v) is 25.3. The van der Waals surface area contributed by atoms with E-state index < -0.39 is 96.1 Å². The second-order valence-corrected chi connectivity index (χ2v) is 19.1. The first kappa shape index (κ1) is 60.3. The van der Waals surface area contributed by atoms with Crippen molar-refractivity contribution in [3.05, 3.63) is 102 Å². The van der Waals surface area contributed by atoms with Crippen LogP contribution in [-0.2, 0) is 57.6 Å². The van der Waals surface area contributed by atoms with Gasteiger partial charge in [0.25, 0.3) is 0 Å². The summed E-state index contributed by atoms with van der Waals surface area (Å²) >= 11 is 0. The number of primary amides is 1. The van der Waals surface area contributed by atoms with E-state index in [0.717, 1.165) is 0 Å². The van der Waals surface area contributed by atoms with Crippen LogP contribution in [-0.4, -0.2) is 138 Å². The third-order valence-corrected chi connectivity index (χ3v) is 12.3. The Hall–Kier alpha value is -8.28. The van der Waals surface area contributed by atoms with Gasteiger partial charge in [0.05, 0.1) is 12.6 Å². The summed E-state index contributed by atoms with van der Waals surface area (Å²) in [5.41, 5.74) is 35.6. The van der Waals surface area contributed by atoms with E-state index >= 15 is 0 Å². The third-order valence-electron chi connectivity index (χ3n) is 12.3. The maximum Gasteiger partial charge on any atom is 0.245 e. The maximum atomic E-state index is 14.7. The summed E-state index contributed by atoms with van der Waals surface area (Å²) in [5.74, 6) is -6.01. The lowest BCUT2D eigenvalue weighted by Gasteiger charge is -2.31. The lowest BCUT2D eigenvalue weighted by Crippen LogP contribution is -2.60. The number of phenolic OH excluding ortho intramolecular Hbond substituents is 1. The van der Waals surface area contributed by atoms with Crippen LogP contribution < -0.4 is 66.3 Å². The molecule has 412 valence electrons. The van der Waals surface area contributed by atoms with Crippen molar-refractivity contribution in [2.75, 3.05) is 26.2 Å². The minimum absolute atomic E-state index is 0.000285. The van der Waals surface area contributed by atoms with E-state index in [4.69, 9.17) is 34.4 Å². The number of guanidine groups is 2. The summed E-state index contributed by atoms with van der Waals surface area (Å²) in [6.07, 6.45) is 1.39. The Bertz CT molecular complexity index is 2470. The fourth-order valence-corrected chi connectivity index (χ4v) is 8.50. The summed E-state index contributed by atoms with van der Waals surface area (Å²) in [6.45, 7) is 3.57. The normalized spacial score (nSPS) is 15.3. The molecule has 7 atom stereocenters. The average Bonchev–Trinajstić information content (AvgIpc) is 3.88. The van der Waals surface area contributed by atoms with E-state index in [-0.39, 0.29) is 101 Å². The predicted molar refractivity (Wildman–Crippen MR) is 286 cm³/mol. The predicted octanol–water partition coefficient (Wildman–Crippen LogP) is -2.08. The molecule has 24 heteroatoms. The van der Waals surface area contributed by atoms with Gasteiger partial charge in [-0.15, -0.1) is 0 Å². The van der Waals surface area contributed by atoms with Crippen LogP contribution in [0.4, 0.5) is 0 Å². The summed E-state index contributed by atoms with van der Waals surface area (Å²) in [5, 5.41) is 26.1. The second-order valence-electron chi connectivity index (χ2n) is 19.1. The standard InChI is InChI=1S/C52H75N15O9/c1-31(2)26-39(65-48(74)40(28-32-12-5-3-6-13-32)64-44(70)36(53)27-34-19-21-35(68)22-20-34)46(72)66-41(29-33-14-7-4-8-15-33)47(73)63-38(17-10-24-60-52(57)58)50(76)67-25-11-18-42(67)49(75)62-37(16-9-23-59-51(55)56)45(71)61-30-43(54)69/h3-8,12-15,19-22,31,36-42,68H,9-11,16-18,23-30,53H2,1-2H3,(H2,54,69)(H,61,71)(H,62,75)(H,63,73)(H,64,70)(H,65,74)(H,66,72)(H4,55,56,59)(H4,57,58,60)/t36-,37-,38-,39-,40-,41-,42-/m0/s1. The molecular formula is C52H75N15O9. The van der Waals surface area contributed by atoms with Gasteiger partial charge in [0, 0.05) is 32.5 Å². The minimum atomic E-state index is -1.32. The highest BCUT2D eigenvalue weighted by atomic mass is 16.3. The van der Waals surface area contributed by atoms with Crippen molar-refractivity contribution in [3.8, 4) is 5.75 Å². The SMILES string of the molecule is CC(C)C[C@H](NC(=O)[C@H](Cc1ccccc1)NC(=O)[C@@H](N)Cc1ccc(O)cc1)C(=O)N[C@@H](Cc1ccccc1)C(=O)N[C@@H](CCCN=C(N)N)C(=O)N1CCC[C@H]1C(=O)N[C@@H](CCCN=C(N)N)C(=O)NCC(N)=O. The maximum absolute atomic E-state index is 14.7. The van der Waals surface area contributed by atoms with E-state index in [1.807, 2.05) is 19.9 Å². The number of benzene rings is 3. The average molecular weight is 1050 g/mol. The second kappa shape index (κ2) is 30.8. The van der Waals surface area contributed by atoms with Crippen LogP contribution in [0.15, 0.2) is 94.9 Å². The Balaban J connectivity index is 1.60. The van der Waals surface area contributed by atoms with Crippen molar-refractivity contribution in [1.82, 2.24) is 36.8 Å². The van der Waals surface area contributed by atoms with Crippen molar-refractivity contribution in [2.24, 2.45) is 50.3 Å². The number of likely N-dealkylation sites (tertiary alicyclic amines) is 1. The molecule has 8 amide bonds. The number of carbonyl (C=O) groups is 8. The van der Waals surface area contributed by atoms with Gasteiger partial charge < -0.3 is 76.3 Å². The van der Waals surface area contributed by atoms with Crippen LogP contribution in [0.1, 0.15) is 75.5 Å². The number of aromatic hydroxyl groups is 1. The van der Waals surface area contributed by atoms with E-state index in [1.165, 1.54) is 17.0 Å². The number of nitrogens with two attached hydrogens (primary N) is 6. The highest BCUT2D eigenvalue weighted by molar-refractivity contribution is 5.98. The summed E-state index contributed by atoms with van der Waals surface area (Å²) in [7, 11) is 0. The topological polar surface area (TPSA) is 413 Å². The molecule has 1 saturated heterocycles. The van der Waals surface area contributed by atoms with Crippen molar-refractivity contribution in [3.63, 3.8) is 0 Å². The van der Waals surface area contributed by atoms with Gasteiger partial charge in [0.2, 0.25) is 47.3 Å². The van der Waals surface area contributed by atoms with Crippen LogP contribution >= 0.6 is 0 Å². The first-order chi connectivity index (χ1) is 36.2. The van der Waals surface area contributed by atoms with E-state index in [1.54, 1.807) is 66.7 Å². The molecule has 0 saturated carbocycles. The van der Waals surface area contributed by atoms with Crippen molar-refractivity contribution < 1.29 is 43.5 Å². The number of hydrogen-bond acceptors (Lipinski definition) is 12. The molecule has 0 radical (unpaired) electrons. The number of aliphatic imine (C=N–C) groups is 2. The van der Waals surface area contributed by atoms with Gasteiger partial charge in [0.1, 0.15) is 42.0 Å². The molecule has 1 aliphatic rings. The molecule has 0 unspecified atom stereocenters. The van der Waals surface area contributed by atoms with Gasteiger partial charge >= 0.3 is 0 Å². The first-order valence-electron chi connectivity index (χ1n) is 25.3. The number of rotatable bonds is 30. The number of hydrogen-bond donors (Lipinski definition) is 13. The Labute approximate surface area is 442 Å². The molecular weight excluding hydrogens is 979 g/mol. The fourth-order valence-electron chi connectivity index (χ4n) is 8.50. The Morgan fingerprint density at radius 2 is 1.07 bits per heavy atom. The van der Waals surface area contributed by atoms with Gasteiger partial charge in [-0.1, -0.05) is 86.6 Å². The molecule has 3 aromatic rings. The lowest BCUT2D eigenvalue weighted by atomic mass is 9.99. The monoisotopic (exact) mass is 1050 g/mol. The summed E-state index contributed by atoms with van der Waals surface area (Å²) < 4.78 is 0.